The van der Waals surface area contributed by atoms with Crippen molar-refractivity contribution in [1.29, 1.82) is 0 Å². The summed E-state index contributed by atoms with van der Waals surface area (Å²) in [7, 11) is 3.35. The van der Waals surface area contributed by atoms with Gasteiger partial charge >= 0.3 is 5.97 Å². The number of esters is 1. The first kappa shape index (κ1) is 23.5. The number of methoxy groups -OCH3 is 2. The van der Waals surface area contributed by atoms with E-state index in [0.717, 1.165) is 67.8 Å². The predicted octanol–water partition coefficient (Wildman–Crippen LogP) is 4.13. The van der Waals surface area contributed by atoms with Crippen LogP contribution in [0.4, 0.5) is 5.69 Å². The second kappa shape index (κ2) is 10.2. The molecular weight excluding hydrogens is 446 g/mol. The van der Waals surface area contributed by atoms with E-state index in [0.29, 0.717) is 35.7 Å². The number of hydrogen-bond acceptors (Lipinski definition) is 8. The van der Waals surface area contributed by atoms with Gasteiger partial charge in [0.15, 0.2) is 11.3 Å². The van der Waals surface area contributed by atoms with Gasteiger partial charge in [-0.3, -0.25) is 0 Å². The summed E-state index contributed by atoms with van der Waals surface area (Å²) in [6.07, 6.45) is 7.21. The molecule has 4 heterocycles. The molecule has 1 aliphatic heterocycles. The lowest BCUT2D eigenvalue weighted by Gasteiger charge is -2.34. The fourth-order valence-electron chi connectivity index (χ4n) is 5.05. The summed E-state index contributed by atoms with van der Waals surface area (Å²) in [5.41, 5.74) is 3.84. The van der Waals surface area contributed by atoms with E-state index in [1.807, 2.05) is 22.9 Å². The third-order valence-corrected chi connectivity index (χ3v) is 7.15. The number of carbonyl (C=O) groups excluding carboxylic acids is 1. The molecule has 0 aromatic carbocycles. The molecule has 1 saturated carbocycles. The molecular formula is C26H33N5O4. The van der Waals surface area contributed by atoms with Crippen molar-refractivity contribution in [3.63, 3.8) is 0 Å². The molecule has 0 spiro atoms. The van der Waals surface area contributed by atoms with E-state index in [2.05, 4.69) is 9.88 Å². The van der Waals surface area contributed by atoms with Crippen LogP contribution in [0.25, 0.3) is 16.7 Å². The van der Waals surface area contributed by atoms with Gasteiger partial charge in [-0.15, -0.1) is 0 Å². The maximum Gasteiger partial charge on any atom is 0.357 e. The van der Waals surface area contributed by atoms with Crippen molar-refractivity contribution in [2.24, 2.45) is 5.92 Å². The lowest BCUT2D eigenvalue weighted by Crippen LogP contribution is -2.35. The van der Waals surface area contributed by atoms with Crippen molar-refractivity contribution >= 4 is 22.7 Å². The van der Waals surface area contributed by atoms with Gasteiger partial charge in [-0.2, -0.15) is 5.10 Å². The van der Waals surface area contributed by atoms with Crippen LogP contribution in [0.2, 0.25) is 0 Å². The fraction of sp³-hybridized carbons (Fsp3) is 0.538. The van der Waals surface area contributed by atoms with E-state index in [1.165, 1.54) is 6.42 Å². The first-order valence-electron chi connectivity index (χ1n) is 12.5. The van der Waals surface area contributed by atoms with Crippen LogP contribution in [0.1, 0.15) is 61.1 Å². The van der Waals surface area contributed by atoms with Gasteiger partial charge in [0, 0.05) is 45.0 Å². The lowest BCUT2D eigenvalue weighted by atomic mass is 9.82. The Hall–Kier alpha value is -3.20. The zero-order chi connectivity index (χ0) is 24.4. The van der Waals surface area contributed by atoms with Gasteiger partial charge in [0.25, 0.3) is 0 Å². The molecule has 0 bridgehead atoms. The minimum absolute atomic E-state index is 0.296. The molecule has 1 aliphatic carbocycles. The number of hydrogen-bond donors (Lipinski definition) is 0. The molecule has 9 nitrogen and oxygen atoms in total. The summed E-state index contributed by atoms with van der Waals surface area (Å²) >= 11 is 0. The van der Waals surface area contributed by atoms with Gasteiger partial charge in [0.2, 0.25) is 5.88 Å². The number of piperidine rings is 1. The SMILES string of the molecule is CCOC(=O)c1cc(N2CCC(COC)CC2)c2c(C3CCC3)nn(-c3ccnc(OC)c3)c2n1. The second-order valence-electron chi connectivity index (χ2n) is 9.31. The third kappa shape index (κ3) is 4.57. The third-order valence-electron chi connectivity index (χ3n) is 7.15. The lowest BCUT2D eigenvalue weighted by molar-refractivity contribution is 0.0520. The number of rotatable bonds is 8. The first-order valence-corrected chi connectivity index (χ1v) is 12.5. The monoisotopic (exact) mass is 479 g/mol. The Balaban J connectivity index is 1.68. The van der Waals surface area contributed by atoms with Crippen molar-refractivity contribution in [3.05, 3.63) is 35.8 Å². The quantitative estimate of drug-likeness (QED) is 0.446. The van der Waals surface area contributed by atoms with Gasteiger partial charge in [-0.1, -0.05) is 6.42 Å². The Morgan fingerprint density at radius 1 is 1.14 bits per heavy atom. The molecule has 0 amide bonds. The highest BCUT2D eigenvalue weighted by Crippen LogP contribution is 2.43. The number of fused-ring (bicyclic) bond motifs is 1. The summed E-state index contributed by atoms with van der Waals surface area (Å²) in [5.74, 6) is 1.02. The van der Waals surface area contributed by atoms with E-state index in [-0.39, 0.29) is 0 Å². The molecule has 3 aromatic heterocycles. The summed E-state index contributed by atoms with van der Waals surface area (Å²) in [4.78, 5) is 24.3. The highest BCUT2D eigenvalue weighted by Gasteiger charge is 2.31. The molecule has 2 aliphatic rings. The Morgan fingerprint density at radius 2 is 1.94 bits per heavy atom. The number of pyridine rings is 2. The molecule has 2 fully saturated rings. The van der Waals surface area contributed by atoms with Crippen LogP contribution in [0.3, 0.4) is 0 Å². The Kier molecular flexibility index (Phi) is 6.86. The van der Waals surface area contributed by atoms with Gasteiger partial charge in [0.05, 0.1) is 36.2 Å². The molecule has 9 heteroatoms. The van der Waals surface area contributed by atoms with E-state index >= 15 is 0 Å². The normalized spacial score (nSPS) is 16.9. The van der Waals surface area contributed by atoms with E-state index in [4.69, 9.17) is 24.3 Å². The number of carbonyl (C=O) groups is 1. The topological polar surface area (TPSA) is 91.6 Å². The van der Waals surface area contributed by atoms with Gasteiger partial charge in [0.1, 0.15) is 0 Å². The molecule has 0 radical (unpaired) electrons. The summed E-state index contributed by atoms with van der Waals surface area (Å²) < 4.78 is 17.9. The zero-order valence-corrected chi connectivity index (χ0v) is 20.7. The summed E-state index contributed by atoms with van der Waals surface area (Å²) in [6, 6.07) is 5.62. The van der Waals surface area contributed by atoms with Crippen molar-refractivity contribution in [1.82, 2.24) is 19.7 Å². The molecule has 1 saturated heterocycles. The molecule has 35 heavy (non-hydrogen) atoms. The van der Waals surface area contributed by atoms with Gasteiger partial charge in [-0.25, -0.2) is 19.4 Å². The Bertz CT molecular complexity index is 1200. The number of anilines is 1. The smallest absolute Gasteiger partial charge is 0.357 e. The average molecular weight is 480 g/mol. The molecule has 0 atom stereocenters. The largest absolute Gasteiger partial charge is 0.481 e. The highest BCUT2D eigenvalue weighted by molar-refractivity contribution is 5.99. The maximum atomic E-state index is 12.8. The standard InChI is InChI=1S/C26H33N5O4/c1-4-35-26(32)20-15-21(30-12-9-17(10-13-30)16-33-2)23-24(18-6-5-7-18)29-31(25(23)28-20)19-8-11-27-22(14-19)34-3/h8,11,14-15,17-18H,4-7,9-10,12-13,16H2,1-3H3. The minimum atomic E-state index is -0.421. The van der Waals surface area contributed by atoms with Crippen LogP contribution < -0.4 is 9.64 Å². The summed E-state index contributed by atoms with van der Waals surface area (Å²) in [5, 5.41) is 6.11. The van der Waals surface area contributed by atoms with Gasteiger partial charge in [-0.05, 0) is 50.7 Å². The molecule has 186 valence electrons. The first-order chi connectivity index (χ1) is 17.1. The van der Waals surface area contributed by atoms with Crippen LogP contribution in [0.15, 0.2) is 24.4 Å². The van der Waals surface area contributed by atoms with Crippen molar-refractivity contribution in [3.8, 4) is 11.6 Å². The van der Waals surface area contributed by atoms with Crippen LogP contribution in [0.5, 0.6) is 5.88 Å². The summed E-state index contributed by atoms with van der Waals surface area (Å²) in [6.45, 7) is 4.68. The number of ether oxygens (including phenoxy) is 3. The maximum absolute atomic E-state index is 12.8. The van der Waals surface area contributed by atoms with Gasteiger partial charge < -0.3 is 19.1 Å². The minimum Gasteiger partial charge on any atom is -0.481 e. The van der Waals surface area contributed by atoms with E-state index in [9.17, 15) is 4.79 Å². The van der Waals surface area contributed by atoms with Crippen LogP contribution >= 0.6 is 0 Å². The second-order valence-corrected chi connectivity index (χ2v) is 9.31. The molecule has 0 N–H and O–H groups in total. The van der Waals surface area contributed by atoms with Crippen molar-refractivity contribution in [2.75, 3.05) is 45.4 Å². The molecule has 5 rings (SSSR count). The predicted molar refractivity (Wildman–Crippen MR) is 133 cm³/mol. The highest BCUT2D eigenvalue weighted by atomic mass is 16.5. The van der Waals surface area contributed by atoms with E-state index in [1.54, 1.807) is 27.3 Å². The molecule has 0 unspecified atom stereocenters. The van der Waals surface area contributed by atoms with Crippen LogP contribution in [0, 0.1) is 5.92 Å². The van der Waals surface area contributed by atoms with Crippen molar-refractivity contribution < 1.29 is 19.0 Å². The van der Waals surface area contributed by atoms with E-state index < -0.39 is 5.97 Å². The van der Waals surface area contributed by atoms with Crippen molar-refractivity contribution in [2.45, 2.75) is 44.9 Å². The fourth-order valence-corrected chi connectivity index (χ4v) is 5.05. The Morgan fingerprint density at radius 3 is 2.60 bits per heavy atom. The molecule has 3 aromatic rings. The average Bonchev–Trinajstić information content (AvgIpc) is 3.22. The number of aromatic nitrogens is 4. The van der Waals surface area contributed by atoms with Crippen LogP contribution in [-0.2, 0) is 9.47 Å². The Labute approximate surface area is 205 Å². The van der Waals surface area contributed by atoms with Crippen LogP contribution in [-0.4, -0.2) is 66.2 Å². The number of nitrogens with zero attached hydrogens (tertiary/aromatic N) is 5. The zero-order valence-electron chi connectivity index (χ0n) is 20.7.